The van der Waals surface area contributed by atoms with E-state index in [1.165, 1.54) is 12.1 Å². The predicted octanol–water partition coefficient (Wildman–Crippen LogP) is 6.53. The molecule has 1 fully saturated rings. The third-order valence-electron chi connectivity index (χ3n) is 5.98. The molecule has 1 aliphatic heterocycles. The SMILES string of the molecule is O=C(Nc1cccc(NC(=O)N2CCC(O)(c3ccc(Br)cc3)CC2)c1)c1ccccc1SC(F)F. The van der Waals surface area contributed by atoms with Crippen molar-refractivity contribution < 1.29 is 23.5 Å². The van der Waals surface area contributed by atoms with Crippen LogP contribution in [0.25, 0.3) is 0 Å². The minimum atomic E-state index is -2.64. The maximum atomic E-state index is 12.8. The van der Waals surface area contributed by atoms with E-state index in [9.17, 15) is 23.5 Å². The number of nitrogens with one attached hydrogen (secondary N) is 2. The second-order valence-corrected chi connectivity index (χ2v) is 10.3. The topological polar surface area (TPSA) is 81.7 Å². The Kier molecular flexibility index (Phi) is 8.28. The molecule has 1 saturated heterocycles. The Labute approximate surface area is 220 Å². The summed E-state index contributed by atoms with van der Waals surface area (Å²) < 4.78 is 26.6. The van der Waals surface area contributed by atoms with E-state index in [0.29, 0.717) is 49.1 Å². The summed E-state index contributed by atoms with van der Waals surface area (Å²) in [5.74, 6) is -3.16. The number of carbonyl (C=O) groups is 2. The molecule has 4 rings (SSSR count). The molecule has 0 aliphatic carbocycles. The monoisotopic (exact) mass is 575 g/mol. The molecule has 188 valence electrons. The van der Waals surface area contributed by atoms with Crippen LogP contribution in [0.3, 0.4) is 0 Å². The average molecular weight is 576 g/mol. The maximum absolute atomic E-state index is 12.8. The maximum Gasteiger partial charge on any atom is 0.321 e. The number of carbonyl (C=O) groups excluding carboxylic acids is 2. The molecule has 0 atom stereocenters. The molecule has 0 unspecified atom stereocenters. The van der Waals surface area contributed by atoms with Crippen LogP contribution in [0.5, 0.6) is 0 Å². The van der Waals surface area contributed by atoms with E-state index in [2.05, 4.69) is 26.6 Å². The zero-order valence-corrected chi connectivity index (χ0v) is 21.5. The quantitative estimate of drug-likeness (QED) is 0.292. The molecule has 1 aliphatic rings. The van der Waals surface area contributed by atoms with Gasteiger partial charge in [0.1, 0.15) is 0 Å². The summed E-state index contributed by atoms with van der Waals surface area (Å²) in [6.45, 7) is 0.765. The molecule has 3 aromatic carbocycles. The van der Waals surface area contributed by atoms with E-state index in [1.54, 1.807) is 41.3 Å². The highest BCUT2D eigenvalue weighted by atomic mass is 79.9. The van der Waals surface area contributed by atoms with Gasteiger partial charge >= 0.3 is 6.03 Å². The summed E-state index contributed by atoms with van der Waals surface area (Å²) in [5, 5.41) is 16.6. The van der Waals surface area contributed by atoms with Gasteiger partial charge in [0, 0.05) is 33.8 Å². The lowest BCUT2D eigenvalue weighted by molar-refractivity contribution is -0.0157. The van der Waals surface area contributed by atoms with Gasteiger partial charge in [0.05, 0.1) is 11.2 Å². The number of anilines is 2. The first kappa shape index (κ1) is 26.1. The van der Waals surface area contributed by atoms with E-state index in [4.69, 9.17) is 0 Å². The minimum absolute atomic E-state index is 0.142. The fraction of sp³-hybridized carbons (Fsp3) is 0.231. The van der Waals surface area contributed by atoms with E-state index in [1.807, 2.05) is 24.3 Å². The smallest absolute Gasteiger partial charge is 0.321 e. The Morgan fingerprint density at radius 3 is 2.25 bits per heavy atom. The number of alkyl halides is 2. The lowest BCUT2D eigenvalue weighted by Crippen LogP contribution is -2.46. The first-order valence-corrected chi connectivity index (χ1v) is 12.9. The van der Waals surface area contributed by atoms with Crippen LogP contribution in [-0.2, 0) is 5.60 Å². The Balaban J connectivity index is 1.36. The van der Waals surface area contributed by atoms with Crippen LogP contribution in [0.15, 0.2) is 82.2 Å². The van der Waals surface area contributed by atoms with E-state index in [0.717, 1.165) is 10.0 Å². The van der Waals surface area contributed by atoms with Gasteiger partial charge in [-0.05, 0) is 60.9 Å². The van der Waals surface area contributed by atoms with Crippen molar-refractivity contribution in [1.82, 2.24) is 4.90 Å². The van der Waals surface area contributed by atoms with Crippen LogP contribution < -0.4 is 10.6 Å². The lowest BCUT2D eigenvalue weighted by Gasteiger charge is -2.38. The van der Waals surface area contributed by atoms with Crippen molar-refractivity contribution in [2.24, 2.45) is 0 Å². The zero-order valence-electron chi connectivity index (χ0n) is 19.1. The molecule has 0 aromatic heterocycles. The highest BCUT2D eigenvalue weighted by Gasteiger charge is 2.35. The third-order valence-corrected chi connectivity index (χ3v) is 7.30. The van der Waals surface area contributed by atoms with Gasteiger partial charge in [-0.15, -0.1) is 0 Å². The normalized spacial score (nSPS) is 15.0. The predicted molar refractivity (Wildman–Crippen MR) is 141 cm³/mol. The summed E-state index contributed by atoms with van der Waals surface area (Å²) in [6, 6.07) is 20.0. The molecule has 0 radical (unpaired) electrons. The molecule has 0 spiro atoms. The summed E-state index contributed by atoms with van der Waals surface area (Å²) >= 11 is 3.71. The standard InChI is InChI=1S/C26H24BrF2N3O3S/c27-18-10-8-17(9-11-18)26(35)12-14-32(15-13-26)25(34)31-20-5-3-4-19(16-20)30-23(33)21-6-1-2-7-22(21)36-24(28)29/h1-11,16,24,35H,12-15H2,(H,30,33)(H,31,34). The van der Waals surface area contributed by atoms with Crippen LogP contribution >= 0.6 is 27.7 Å². The van der Waals surface area contributed by atoms with Crippen molar-refractivity contribution in [2.75, 3.05) is 23.7 Å². The average Bonchev–Trinajstić information content (AvgIpc) is 2.85. The van der Waals surface area contributed by atoms with E-state index >= 15 is 0 Å². The first-order chi connectivity index (χ1) is 17.2. The third kappa shape index (κ3) is 6.43. The number of aliphatic hydroxyl groups is 1. The molecule has 0 saturated carbocycles. The second-order valence-electron chi connectivity index (χ2n) is 8.37. The fourth-order valence-electron chi connectivity index (χ4n) is 4.06. The number of thioether (sulfide) groups is 1. The molecule has 10 heteroatoms. The molecular formula is C26H24BrF2N3O3S. The lowest BCUT2D eigenvalue weighted by atomic mass is 9.84. The summed E-state index contributed by atoms with van der Waals surface area (Å²) in [5.41, 5.74) is 0.867. The molecule has 36 heavy (non-hydrogen) atoms. The van der Waals surface area contributed by atoms with Gasteiger partial charge in [0.25, 0.3) is 11.7 Å². The number of piperidine rings is 1. The van der Waals surface area contributed by atoms with Crippen molar-refractivity contribution in [1.29, 1.82) is 0 Å². The highest BCUT2D eigenvalue weighted by molar-refractivity contribution is 9.10. The molecule has 0 bridgehead atoms. The Morgan fingerprint density at radius 1 is 0.944 bits per heavy atom. The molecule has 3 amide bonds. The van der Waals surface area contributed by atoms with Gasteiger partial charge in [-0.2, -0.15) is 8.78 Å². The van der Waals surface area contributed by atoms with E-state index in [-0.39, 0.29) is 16.5 Å². The van der Waals surface area contributed by atoms with Crippen LogP contribution in [0, 0.1) is 0 Å². The Morgan fingerprint density at radius 2 is 1.58 bits per heavy atom. The number of likely N-dealkylation sites (tertiary alicyclic amines) is 1. The second kappa shape index (κ2) is 11.4. The van der Waals surface area contributed by atoms with Gasteiger partial charge in [-0.25, -0.2) is 4.79 Å². The number of amides is 3. The molecule has 3 N–H and O–H groups in total. The largest absolute Gasteiger partial charge is 0.385 e. The first-order valence-electron chi connectivity index (χ1n) is 11.2. The molecule has 1 heterocycles. The number of rotatable bonds is 6. The van der Waals surface area contributed by atoms with Crippen LogP contribution in [0.1, 0.15) is 28.8 Å². The van der Waals surface area contributed by atoms with E-state index < -0.39 is 17.3 Å². The van der Waals surface area contributed by atoms with Crippen molar-refractivity contribution >= 4 is 51.0 Å². The van der Waals surface area contributed by atoms with Gasteiger partial charge in [0.15, 0.2) is 0 Å². The summed E-state index contributed by atoms with van der Waals surface area (Å²) in [7, 11) is 0. The van der Waals surface area contributed by atoms with Crippen molar-refractivity contribution in [3.63, 3.8) is 0 Å². The zero-order chi connectivity index (χ0) is 25.7. The summed E-state index contributed by atoms with van der Waals surface area (Å²) in [6.07, 6.45) is 0.822. The van der Waals surface area contributed by atoms with Crippen LogP contribution in [0.2, 0.25) is 0 Å². The minimum Gasteiger partial charge on any atom is -0.385 e. The van der Waals surface area contributed by atoms with Crippen LogP contribution in [-0.4, -0.2) is 40.8 Å². The van der Waals surface area contributed by atoms with Gasteiger partial charge in [0.2, 0.25) is 0 Å². The van der Waals surface area contributed by atoms with Crippen molar-refractivity contribution in [2.45, 2.75) is 29.1 Å². The number of nitrogens with zero attached hydrogens (tertiary/aromatic N) is 1. The van der Waals surface area contributed by atoms with Crippen LogP contribution in [0.4, 0.5) is 25.0 Å². The Hall–Kier alpha value is -2.95. The van der Waals surface area contributed by atoms with Gasteiger partial charge < -0.3 is 20.6 Å². The molecule has 6 nitrogen and oxygen atoms in total. The van der Waals surface area contributed by atoms with Gasteiger partial charge in [-0.3, -0.25) is 4.79 Å². The number of halogens is 3. The fourth-order valence-corrected chi connectivity index (χ4v) is 4.96. The highest BCUT2D eigenvalue weighted by Crippen LogP contribution is 2.34. The molecule has 3 aromatic rings. The van der Waals surface area contributed by atoms with Crippen molar-refractivity contribution in [3.05, 3.63) is 88.4 Å². The van der Waals surface area contributed by atoms with Crippen molar-refractivity contribution in [3.8, 4) is 0 Å². The molecular weight excluding hydrogens is 552 g/mol. The number of benzene rings is 3. The van der Waals surface area contributed by atoms with Gasteiger partial charge in [-0.1, -0.05) is 58.0 Å². The number of hydrogen-bond donors (Lipinski definition) is 3. The number of urea groups is 1. The summed E-state index contributed by atoms with van der Waals surface area (Å²) in [4.78, 5) is 27.3. The number of hydrogen-bond acceptors (Lipinski definition) is 4. The Bertz CT molecular complexity index is 1240.